The largest absolute Gasteiger partial charge is 0.349 e. The molecule has 1 aromatic heterocycles. The van der Waals surface area contributed by atoms with Gasteiger partial charge in [-0.05, 0) is 56.0 Å². The van der Waals surface area contributed by atoms with Crippen molar-refractivity contribution in [3.8, 4) is 0 Å². The zero-order valence-corrected chi connectivity index (χ0v) is 12.0. The van der Waals surface area contributed by atoms with E-state index in [2.05, 4.69) is 31.1 Å². The van der Waals surface area contributed by atoms with Crippen LogP contribution in [0.25, 0.3) is 0 Å². The zero-order valence-electron chi connectivity index (χ0n) is 10.4. The summed E-state index contributed by atoms with van der Waals surface area (Å²) in [6.45, 7) is 2.96. The van der Waals surface area contributed by atoms with Gasteiger partial charge in [0.05, 0.1) is 5.56 Å². The third-order valence-electron chi connectivity index (χ3n) is 2.35. The van der Waals surface area contributed by atoms with E-state index >= 15 is 0 Å². The molecule has 17 heavy (non-hydrogen) atoms. The summed E-state index contributed by atoms with van der Waals surface area (Å²) in [5.74, 6) is -0.0787. The van der Waals surface area contributed by atoms with E-state index in [1.807, 2.05) is 21.0 Å². The molecule has 1 aromatic rings. The van der Waals surface area contributed by atoms with E-state index in [0.29, 0.717) is 5.56 Å². The maximum absolute atomic E-state index is 11.9. The molecule has 0 radical (unpaired) electrons. The van der Waals surface area contributed by atoms with Gasteiger partial charge >= 0.3 is 0 Å². The lowest BCUT2D eigenvalue weighted by Gasteiger charge is -2.16. The summed E-state index contributed by atoms with van der Waals surface area (Å²) < 4.78 is 0.811. The monoisotopic (exact) mass is 299 g/mol. The number of aromatic nitrogens is 1. The maximum atomic E-state index is 11.9. The van der Waals surface area contributed by atoms with Gasteiger partial charge in [-0.25, -0.2) is 0 Å². The lowest BCUT2D eigenvalue weighted by Crippen LogP contribution is -2.34. The van der Waals surface area contributed by atoms with Crippen LogP contribution in [0.1, 0.15) is 23.7 Å². The Balaban J connectivity index is 2.49. The summed E-state index contributed by atoms with van der Waals surface area (Å²) in [5.41, 5.74) is 0.580. The van der Waals surface area contributed by atoms with Crippen LogP contribution in [0, 0.1) is 0 Å². The normalized spacial score (nSPS) is 12.5. The highest BCUT2D eigenvalue weighted by molar-refractivity contribution is 9.10. The van der Waals surface area contributed by atoms with Crippen LogP contribution in [0.4, 0.5) is 0 Å². The van der Waals surface area contributed by atoms with Crippen molar-refractivity contribution in [2.45, 2.75) is 19.4 Å². The highest BCUT2D eigenvalue weighted by atomic mass is 79.9. The van der Waals surface area contributed by atoms with Gasteiger partial charge < -0.3 is 10.2 Å². The van der Waals surface area contributed by atoms with Gasteiger partial charge in [0.2, 0.25) is 0 Å². The summed E-state index contributed by atoms with van der Waals surface area (Å²) in [4.78, 5) is 17.9. The summed E-state index contributed by atoms with van der Waals surface area (Å²) in [5, 5.41) is 2.95. The van der Waals surface area contributed by atoms with Crippen molar-refractivity contribution >= 4 is 21.8 Å². The average molecular weight is 300 g/mol. The van der Waals surface area contributed by atoms with E-state index in [0.717, 1.165) is 17.4 Å². The number of halogens is 1. The first-order valence-electron chi connectivity index (χ1n) is 5.55. The van der Waals surface area contributed by atoms with Crippen molar-refractivity contribution in [1.82, 2.24) is 15.2 Å². The molecule has 0 saturated heterocycles. The number of amides is 1. The molecule has 0 aliphatic heterocycles. The molecular formula is C12H18BrN3O. The molecule has 0 spiro atoms. The molecule has 0 aliphatic rings. The molecule has 1 rings (SSSR count). The Bertz CT molecular complexity index is 382. The minimum absolute atomic E-state index is 0.0787. The fraction of sp³-hybridized carbons (Fsp3) is 0.500. The molecule has 1 amide bonds. The first-order valence-corrected chi connectivity index (χ1v) is 6.34. The molecule has 4 nitrogen and oxygen atoms in total. The number of hydrogen-bond donors (Lipinski definition) is 1. The minimum atomic E-state index is -0.0787. The SMILES string of the molecule is CC(CCN(C)C)NC(=O)c1cncc(Br)c1. The molecule has 1 unspecified atom stereocenters. The van der Waals surface area contributed by atoms with Gasteiger partial charge in [0.15, 0.2) is 0 Å². The Morgan fingerprint density at radius 3 is 2.82 bits per heavy atom. The van der Waals surface area contributed by atoms with E-state index in [1.165, 1.54) is 0 Å². The Labute approximate surface area is 111 Å². The molecule has 1 atom stereocenters. The number of carbonyl (C=O) groups excluding carboxylic acids is 1. The molecular weight excluding hydrogens is 282 g/mol. The number of nitrogens with one attached hydrogen (secondary N) is 1. The van der Waals surface area contributed by atoms with Crippen LogP contribution in [-0.4, -0.2) is 42.5 Å². The third kappa shape index (κ3) is 5.28. The number of nitrogens with zero attached hydrogens (tertiary/aromatic N) is 2. The molecule has 94 valence electrons. The average Bonchev–Trinajstić information content (AvgIpc) is 2.26. The van der Waals surface area contributed by atoms with Crippen molar-refractivity contribution in [3.63, 3.8) is 0 Å². The Hall–Kier alpha value is -0.940. The number of carbonyl (C=O) groups is 1. The van der Waals surface area contributed by atoms with Crippen LogP contribution in [-0.2, 0) is 0 Å². The molecule has 0 aliphatic carbocycles. The predicted octanol–water partition coefficient (Wildman–Crippen LogP) is 1.91. The summed E-state index contributed by atoms with van der Waals surface area (Å²) in [7, 11) is 4.04. The van der Waals surface area contributed by atoms with E-state index in [4.69, 9.17) is 0 Å². The fourth-order valence-corrected chi connectivity index (χ4v) is 1.73. The second-order valence-corrected chi connectivity index (χ2v) is 5.27. The van der Waals surface area contributed by atoms with E-state index in [9.17, 15) is 4.79 Å². The van der Waals surface area contributed by atoms with Crippen molar-refractivity contribution in [1.29, 1.82) is 0 Å². The molecule has 0 saturated carbocycles. The Morgan fingerprint density at radius 2 is 2.24 bits per heavy atom. The van der Waals surface area contributed by atoms with Gasteiger partial charge in [0, 0.05) is 22.9 Å². The predicted molar refractivity (Wildman–Crippen MR) is 72.0 cm³/mol. The Morgan fingerprint density at radius 1 is 1.53 bits per heavy atom. The molecule has 1 heterocycles. The smallest absolute Gasteiger partial charge is 0.253 e. The molecule has 1 N–H and O–H groups in total. The van der Waals surface area contributed by atoms with Crippen LogP contribution in [0.3, 0.4) is 0 Å². The fourth-order valence-electron chi connectivity index (χ4n) is 1.37. The van der Waals surface area contributed by atoms with Crippen LogP contribution >= 0.6 is 15.9 Å². The lowest BCUT2D eigenvalue weighted by atomic mass is 10.2. The van der Waals surface area contributed by atoms with Gasteiger partial charge in [-0.15, -0.1) is 0 Å². The van der Waals surface area contributed by atoms with Gasteiger partial charge in [-0.1, -0.05) is 0 Å². The van der Waals surface area contributed by atoms with Crippen molar-refractivity contribution in [3.05, 3.63) is 28.5 Å². The summed E-state index contributed by atoms with van der Waals surface area (Å²) in [6.07, 6.45) is 4.16. The minimum Gasteiger partial charge on any atom is -0.349 e. The van der Waals surface area contributed by atoms with Crippen LogP contribution in [0.15, 0.2) is 22.9 Å². The second kappa shape index (κ2) is 6.71. The molecule has 5 heteroatoms. The van der Waals surface area contributed by atoms with E-state index in [-0.39, 0.29) is 11.9 Å². The Kier molecular flexibility index (Phi) is 5.58. The van der Waals surface area contributed by atoms with Crippen molar-refractivity contribution in [2.24, 2.45) is 0 Å². The highest BCUT2D eigenvalue weighted by Crippen LogP contribution is 2.09. The zero-order chi connectivity index (χ0) is 12.8. The maximum Gasteiger partial charge on any atom is 0.253 e. The van der Waals surface area contributed by atoms with Crippen molar-refractivity contribution in [2.75, 3.05) is 20.6 Å². The molecule has 0 fully saturated rings. The van der Waals surface area contributed by atoms with Crippen LogP contribution in [0.2, 0.25) is 0 Å². The molecule has 0 aromatic carbocycles. The highest BCUT2D eigenvalue weighted by Gasteiger charge is 2.10. The number of rotatable bonds is 5. The topological polar surface area (TPSA) is 45.2 Å². The van der Waals surface area contributed by atoms with E-state index < -0.39 is 0 Å². The van der Waals surface area contributed by atoms with Gasteiger partial charge in [0.25, 0.3) is 5.91 Å². The first-order chi connectivity index (χ1) is 7.99. The van der Waals surface area contributed by atoms with Crippen molar-refractivity contribution < 1.29 is 4.79 Å². The molecule has 0 bridgehead atoms. The van der Waals surface area contributed by atoms with Crippen LogP contribution < -0.4 is 5.32 Å². The van der Waals surface area contributed by atoms with Crippen LogP contribution in [0.5, 0.6) is 0 Å². The quantitative estimate of drug-likeness (QED) is 0.903. The van der Waals surface area contributed by atoms with Gasteiger partial charge in [0.1, 0.15) is 0 Å². The first kappa shape index (κ1) is 14.1. The van der Waals surface area contributed by atoms with Gasteiger partial charge in [-0.3, -0.25) is 9.78 Å². The van der Waals surface area contributed by atoms with Gasteiger partial charge in [-0.2, -0.15) is 0 Å². The lowest BCUT2D eigenvalue weighted by molar-refractivity contribution is 0.0936. The van der Waals surface area contributed by atoms with E-state index in [1.54, 1.807) is 18.5 Å². The standard InChI is InChI=1S/C12H18BrN3O/c1-9(4-5-16(2)3)15-12(17)10-6-11(13)8-14-7-10/h6-9H,4-5H2,1-3H3,(H,15,17). The summed E-state index contributed by atoms with van der Waals surface area (Å²) >= 11 is 3.30. The third-order valence-corrected chi connectivity index (χ3v) is 2.79. The second-order valence-electron chi connectivity index (χ2n) is 4.36. The number of pyridine rings is 1. The summed E-state index contributed by atoms with van der Waals surface area (Å²) in [6, 6.07) is 1.92. The number of hydrogen-bond acceptors (Lipinski definition) is 3.